The van der Waals surface area contributed by atoms with E-state index in [4.69, 9.17) is 0 Å². The maximum atomic E-state index is 13.3. The van der Waals surface area contributed by atoms with Gasteiger partial charge in [-0.15, -0.1) is 0 Å². The van der Waals surface area contributed by atoms with E-state index in [1.807, 2.05) is 0 Å². The van der Waals surface area contributed by atoms with Crippen LogP contribution in [0.25, 0.3) is 17.0 Å². The number of hydrogen-bond donors (Lipinski definition) is 1. The number of benzene rings is 1. The second kappa shape index (κ2) is 5.42. The quantitative estimate of drug-likeness (QED) is 0.864. The lowest BCUT2D eigenvalue weighted by molar-refractivity contribution is -0.121. The average molecular weight is 320 g/mol. The largest absolute Gasteiger partial charge is 0.361 e. The Balaban J connectivity index is 1.88. The molecule has 7 heteroatoms. The van der Waals surface area contributed by atoms with Crippen LogP contribution in [0.15, 0.2) is 42.0 Å². The number of halogens is 1. The number of H-pyrrole nitrogens is 1. The number of carbonyl (C=O) groups excluding carboxylic acids is 1. The maximum absolute atomic E-state index is 13.3. The standard InChI is InChI=1S/C15H13FN2O3S/c16-12-4-5-14-13(9-12)11(10-17-14)3-6-15(19)18-7-1-2-8-22(18,20)21/h2-6,8-10,17H,1,7H2/b6-3+. The molecule has 5 nitrogen and oxygen atoms in total. The van der Waals surface area contributed by atoms with Crippen molar-refractivity contribution in [2.45, 2.75) is 6.42 Å². The summed E-state index contributed by atoms with van der Waals surface area (Å²) in [6.45, 7) is 0.129. The molecule has 1 aliphatic heterocycles. The van der Waals surface area contributed by atoms with Crippen LogP contribution in [-0.4, -0.2) is 30.2 Å². The number of hydrogen-bond acceptors (Lipinski definition) is 3. The van der Waals surface area contributed by atoms with E-state index < -0.39 is 15.9 Å². The van der Waals surface area contributed by atoms with Gasteiger partial charge in [0, 0.05) is 40.7 Å². The Labute approximate surface area is 126 Å². The van der Waals surface area contributed by atoms with Crippen molar-refractivity contribution in [2.75, 3.05) is 6.54 Å². The van der Waals surface area contributed by atoms with Crippen LogP contribution in [0.4, 0.5) is 4.39 Å². The van der Waals surface area contributed by atoms with E-state index in [0.717, 1.165) is 15.2 Å². The molecule has 0 atom stereocenters. The molecule has 0 radical (unpaired) electrons. The highest BCUT2D eigenvalue weighted by atomic mass is 32.2. The van der Waals surface area contributed by atoms with Crippen molar-refractivity contribution in [2.24, 2.45) is 0 Å². The van der Waals surface area contributed by atoms with E-state index >= 15 is 0 Å². The Morgan fingerprint density at radius 1 is 1.36 bits per heavy atom. The van der Waals surface area contributed by atoms with Crippen molar-refractivity contribution in [3.63, 3.8) is 0 Å². The zero-order valence-corrected chi connectivity index (χ0v) is 12.3. The third-order valence-corrected chi connectivity index (χ3v) is 4.91. The Hall–Kier alpha value is -2.41. The molecule has 2 aromatic rings. The monoisotopic (exact) mass is 320 g/mol. The maximum Gasteiger partial charge on any atom is 0.260 e. The van der Waals surface area contributed by atoms with E-state index in [-0.39, 0.29) is 12.4 Å². The fourth-order valence-electron chi connectivity index (χ4n) is 2.31. The molecule has 1 aromatic heterocycles. The molecule has 0 aliphatic carbocycles. The number of rotatable bonds is 2. The molecule has 0 saturated heterocycles. The molecule has 22 heavy (non-hydrogen) atoms. The summed E-state index contributed by atoms with van der Waals surface area (Å²) < 4.78 is 37.6. The Morgan fingerprint density at radius 2 is 2.18 bits per heavy atom. The molecule has 0 fully saturated rings. The summed E-state index contributed by atoms with van der Waals surface area (Å²) in [4.78, 5) is 15.0. The molecule has 114 valence electrons. The van der Waals surface area contributed by atoms with E-state index in [1.165, 1.54) is 30.4 Å². The SMILES string of the molecule is O=C(/C=C/c1c[nH]c2ccc(F)cc12)N1CCC=CS1(=O)=O. The molecule has 1 amide bonds. The number of amides is 1. The van der Waals surface area contributed by atoms with Gasteiger partial charge in [0.15, 0.2) is 0 Å². The normalized spacial score (nSPS) is 17.4. The number of sulfonamides is 1. The van der Waals surface area contributed by atoms with Gasteiger partial charge in [0.05, 0.1) is 0 Å². The molecule has 0 spiro atoms. The highest BCUT2D eigenvalue weighted by Gasteiger charge is 2.25. The third kappa shape index (κ3) is 2.67. The molecular formula is C15H13FN2O3S. The topological polar surface area (TPSA) is 70.2 Å². The van der Waals surface area contributed by atoms with Crippen molar-refractivity contribution in [3.05, 3.63) is 53.3 Å². The number of aromatic amines is 1. The van der Waals surface area contributed by atoms with Crippen molar-refractivity contribution < 1.29 is 17.6 Å². The zero-order valence-electron chi connectivity index (χ0n) is 11.5. The first kappa shape index (κ1) is 14.5. The van der Waals surface area contributed by atoms with E-state index in [1.54, 1.807) is 12.3 Å². The van der Waals surface area contributed by atoms with Crippen molar-refractivity contribution in [3.8, 4) is 0 Å². The third-order valence-electron chi connectivity index (χ3n) is 3.40. The number of nitrogens with zero attached hydrogens (tertiary/aromatic N) is 1. The minimum absolute atomic E-state index is 0.129. The first-order valence-electron chi connectivity index (χ1n) is 6.65. The number of aromatic nitrogens is 1. The van der Waals surface area contributed by atoms with Crippen LogP contribution in [0.2, 0.25) is 0 Å². The van der Waals surface area contributed by atoms with Crippen molar-refractivity contribution in [1.29, 1.82) is 0 Å². The summed E-state index contributed by atoms with van der Waals surface area (Å²) in [5.74, 6) is -0.994. The zero-order chi connectivity index (χ0) is 15.7. The molecule has 0 bridgehead atoms. The molecule has 0 saturated carbocycles. The van der Waals surface area contributed by atoms with Gasteiger partial charge in [0.2, 0.25) is 0 Å². The predicted octanol–water partition coefficient (Wildman–Crippen LogP) is 2.40. The van der Waals surface area contributed by atoms with Crippen LogP contribution in [0.3, 0.4) is 0 Å². The number of carbonyl (C=O) groups is 1. The first-order valence-corrected chi connectivity index (χ1v) is 8.16. The highest BCUT2D eigenvalue weighted by molar-refractivity contribution is 7.92. The summed E-state index contributed by atoms with van der Waals surface area (Å²) in [5.41, 5.74) is 1.36. The minimum Gasteiger partial charge on any atom is -0.361 e. The van der Waals surface area contributed by atoms with Gasteiger partial charge in [0.25, 0.3) is 15.9 Å². The Morgan fingerprint density at radius 3 is 2.95 bits per heavy atom. The average Bonchev–Trinajstić information content (AvgIpc) is 2.86. The fraction of sp³-hybridized carbons (Fsp3) is 0.133. The van der Waals surface area contributed by atoms with Gasteiger partial charge in [-0.25, -0.2) is 17.1 Å². The highest BCUT2D eigenvalue weighted by Crippen LogP contribution is 2.21. The fourth-order valence-corrected chi connectivity index (χ4v) is 3.51. The van der Waals surface area contributed by atoms with E-state index in [0.29, 0.717) is 17.4 Å². The molecular weight excluding hydrogens is 307 g/mol. The predicted molar refractivity (Wildman–Crippen MR) is 81.7 cm³/mol. The van der Waals surface area contributed by atoms with Gasteiger partial charge in [-0.1, -0.05) is 6.08 Å². The van der Waals surface area contributed by atoms with E-state index in [9.17, 15) is 17.6 Å². The Kier molecular flexibility index (Phi) is 3.58. The van der Waals surface area contributed by atoms with Crippen LogP contribution < -0.4 is 0 Å². The van der Waals surface area contributed by atoms with Crippen LogP contribution in [-0.2, 0) is 14.8 Å². The summed E-state index contributed by atoms with van der Waals surface area (Å²) in [5, 5.41) is 1.66. The summed E-state index contributed by atoms with van der Waals surface area (Å²) in [6.07, 6.45) is 6.32. The molecule has 1 N–H and O–H groups in total. The molecule has 0 unspecified atom stereocenters. The molecule has 3 rings (SSSR count). The number of fused-ring (bicyclic) bond motifs is 1. The van der Waals surface area contributed by atoms with Crippen LogP contribution >= 0.6 is 0 Å². The summed E-state index contributed by atoms with van der Waals surface area (Å²) in [7, 11) is -3.68. The van der Waals surface area contributed by atoms with Gasteiger partial charge in [0.1, 0.15) is 5.82 Å². The molecule has 2 heterocycles. The summed E-state index contributed by atoms with van der Waals surface area (Å²) in [6, 6.07) is 4.30. The molecule has 1 aliphatic rings. The summed E-state index contributed by atoms with van der Waals surface area (Å²) >= 11 is 0. The van der Waals surface area contributed by atoms with Crippen LogP contribution in [0.5, 0.6) is 0 Å². The van der Waals surface area contributed by atoms with Crippen molar-refractivity contribution >= 4 is 32.9 Å². The van der Waals surface area contributed by atoms with Gasteiger partial charge in [-0.3, -0.25) is 4.79 Å². The van der Waals surface area contributed by atoms with Crippen molar-refractivity contribution in [1.82, 2.24) is 9.29 Å². The van der Waals surface area contributed by atoms with Crippen LogP contribution in [0.1, 0.15) is 12.0 Å². The van der Waals surface area contributed by atoms with E-state index in [2.05, 4.69) is 4.98 Å². The van der Waals surface area contributed by atoms with Gasteiger partial charge in [-0.05, 0) is 30.7 Å². The lowest BCUT2D eigenvalue weighted by atomic mass is 10.1. The number of nitrogens with one attached hydrogen (secondary N) is 1. The second-order valence-electron chi connectivity index (χ2n) is 4.88. The van der Waals surface area contributed by atoms with Crippen LogP contribution in [0, 0.1) is 5.82 Å². The Bertz CT molecular complexity index is 897. The van der Waals surface area contributed by atoms with Gasteiger partial charge in [-0.2, -0.15) is 0 Å². The van der Waals surface area contributed by atoms with Gasteiger partial charge >= 0.3 is 0 Å². The molecule has 1 aromatic carbocycles. The van der Waals surface area contributed by atoms with Gasteiger partial charge < -0.3 is 4.98 Å². The second-order valence-corrected chi connectivity index (χ2v) is 6.63. The smallest absolute Gasteiger partial charge is 0.260 e. The minimum atomic E-state index is -3.68. The first-order chi connectivity index (χ1) is 10.5. The lowest BCUT2D eigenvalue weighted by Crippen LogP contribution is -2.36. The lowest BCUT2D eigenvalue weighted by Gasteiger charge is -2.21.